The number of carbonyl (C=O) groups is 1. The molecule has 0 amide bonds. The Morgan fingerprint density at radius 1 is 1.38 bits per heavy atom. The summed E-state index contributed by atoms with van der Waals surface area (Å²) in [6, 6.07) is 0. The van der Waals surface area contributed by atoms with Crippen LogP contribution in [0.2, 0.25) is 15.2 Å². The largest absolute Gasteiger partial charge is 3.00 e. The van der Waals surface area contributed by atoms with Crippen molar-refractivity contribution in [3.8, 4) is 0 Å². The van der Waals surface area contributed by atoms with Crippen LogP contribution in [0.1, 0.15) is 17.3 Å². The molecule has 0 radical (unpaired) electrons. The average molecular weight is 421 g/mol. The summed E-state index contributed by atoms with van der Waals surface area (Å²) in [6.45, 7) is 1.35. The summed E-state index contributed by atoms with van der Waals surface area (Å²) in [5.74, 6) is -0.250. The Morgan fingerprint density at radius 3 is 2.31 bits per heavy atom. The Balaban J connectivity index is 0.00000144. The van der Waals surface area contributed by atoms with Crippen molar-refractivity contribution < 1.29 is 27.2 Å². The first-order valence-corrected chi connectivity index (χ1v) is 4.18. The maximum Gasteiger partial charge on any atom is 3.00 e. The molecule has 0 aliphatic rings. The van der Waals surface area contributed by atoms with Gasteiger partial charge in [0.15, 0.2) is 5.78 Å². The third kappa shape index (κ3) is 2.94. The van der Waals surface area contributed by atoms with Crippen molar-refractivity contribution in [1.82, 2.24) is 4.98 Å². The molecule has 0 bridgehead atoms. The van der Waals surface area contributed by atoms with Crippen molar-refractivity contribution in [2.45, 2.75) is 6.92 Å². The third-order valence-electron chi connectivity index (χ3n) is 1.28. The van der Waals surface area contributed by atoms with Gasteiger partial charge in [0.05, 0.1) is 15.6 Å². The third-order valence-corrected chi connectivity index (χ3v) is 2.34. The minimum absolute atomic E-state index is 0. The zero-order valence-corrected chi connectivity index (χ0v) is 10.8. The van der Waals surface area contributed by atoms with E-state index in [2.05, 4.69) is 4.98 Å². The normalized spacial score (nSPS) is 9.23. The van der Waals surface area contributed by atoms with Gasteiger partial charge in [-0.25, -0.2) is 4.98 Å². The second kappa shape index (κ2) is 5.35. The van der Waals surface area contributed by atoms with Gasteiger partial charge in [-0.1, -0.05) is 34.8 Å². The van der Waals surface area contributed by atoms with Crippen LogP contribution in [0.4, 0.5) is 0 Å². The minimum Gasteiger partial charge on any atom is -0.294 e. The molecule has 0 unspecified atom stereocenters. The standard InChI is InChI=1S/C7H4Cl3NO.Au/c1-3(12)5-6(9)4(8)2-11-7(5)10;/h2H,1H3;/q;+3. The molecule has 0 saturated carbocycles. The molecule has 0 spiro atoms. The van der Waals surface area contributed by atoms with E-state index in [4.69, 9.17) is 34.8 Å². The molecular formula is C7H4AuCl3NO+3. The van der Waals surface area contributed by atoms with E-state index in [-0.39, 0.29) is 48.9 Å². The van der Waals surface area contributed by atoms with Crippen molar-refractivity contribution in [3.63, 3.8) is 0 Å². The van der Waals surface area contributed by atoms with E-state index >= 15 is 0 Å². The first-order valence-electron chi connectivity index (χ1n) is 3.04. The number of halogens is 3. The SMILES string of the molecule is CC(=O)c1c(Cl)ncc(Cl)c1Cl.[Au+3]. The van der Waals surface area contributed by atoms with Gasteiger partial charge in [0.2, 0.25) is 0 Å². The summed E-state index contributed by atoms with van der Waals surface area (Å²) < 4.78 is 0. The van der Waals surface area contributed by atoms with Crippen LogP contribution in [0.25, 0.3) is 0 Å². The van der Waals surface area contributed by atoms with E-state index in [0.717, 1.165) is 0 Å². The second-order valence-corrected chi connectivity index (χ2v) is 3.29. The fourth-order valence-corrected chi connectivity index (χ4v) is 1.48. The Hall–Kier alpha value is 0.430. The van der Waals surface area contributed by atoms with Crippen LogP contribution in [0.3, 0.4) is 0 Å². The van der Waals surface area contributed by atoms with Crippen LogP contribution >= 0.6 is 34.8 Å². The van der Waals surface area contributed by atoms with Gasteiger partial charge < -0.3 is 0 Å². The predicted octanol–water partition coefficient (Wildman–Crippen LogP) is 3.24. The van der Waals surface area contributed by atoms with E-state index in [0.29, 0.717) is 0 Å². The number of hydrogen-bond donors (Lipinski definition) is 0. The summed E-state index contributed by atoms with van der Waals surface area (Å²) in [6.07, 6.45) is 1.30. The predicted molar refractivity (Wildman–Crippen MR) is 49.3 cm³/mol. The number of carbonyl (C=O) groups excluding carboxylic acids is 1. The van der Waals surface area contributed by atoms with Crippen LogP contribution in [0.5, 0.6) is 0 Å². The van der Waals surface area contributed by atoms with E-state index in [1.807, 2.05) is 0 Å². The monoisotopic (exact) mass is 420 g/mol. The fourth-order valence-electron chi connectivity index (χ4n) is 0.744. The molecule has 1 rings (SSSR count). The van der Waals surface area contributed by atoms with Gasteiger partial charge >= 0.3 is 22.4 Å². The van der Waals surface area contributed by atoms with Crippen LogP contribution in [0.15, 0.2) is 6.20 Å². The second-order valence-electron chi connectivity index (χ2n) is 2.14. The molecule has 0 saturated heterocycles. The first kappa shape index (κ1) is 13.4. The van der Waals surface area contributed by atoms with Gasteiger partial charge in [-0.3, -0.25) is 4.79 Å². The average Bonchev–Trinajstić information content (AvgIpc) is 1.97. The molecule has 1 heterocycles. The zero-order valence-electron chi connectivity index (χ0n) is 6.37. The van der Waals surface area contributed by atoms with Crippen LogP contribution in [-0.2, 0) is 22.4 Å². The van der Waals surface area contributed by atoms with Gasteiger partial charge in [0, 0.05) is 6.20 Å². The number of aromatic nitrogens is 1. The molecule has 2 nitrogen and oxygen atoms in total. The molecular weight excluding hydrogens is 417 g/mol. The number of nitrogens with zero attached hydrogens (tertiary/aromatic N) is 1. The number of hydrogen-bond acceptors (Lipinski definition) is 2. The smallest absolute Gasteiger partial charge is 0.294 e. The molecule has 0 atom stereocenters. The molecule has 0 fully saturated rings. The van der Waals surface area contributed by atoms with E-state index in [1.165, 1.54) is 13.1 Å². The van der Waals surface area contributed by atoms with Gasteiger partial charge in [0.25, 0.3) is 0 Å². The molecule has 0 N–H and O–H groups in total. The van der Waals surface area contributed by atoms with Crippen molar-refractivity contribution >= 4 is 40.6 Å². The van der Waals surface area contributed by atoms with Gasteiger partial charge in [-0.05, 0) is 6.92 Å². The van der Waals surface area contributed by atoms with E-state index < -0.39 is 0 Å². The van der Waals surface area contributed by atoms with Crippen molar-refractivity contribution in [2.24, 2.45) is 0 Å². The van der Waals surface area contributed by atoms with Crippen LogP contribution in [0, 0.1) is 0 Å². The first-order chi connectivity index (χ1) is 5.54. The van der Waals surface area contributed by atoms with Crippen molar-refractivity contribution in [3.05, 3.63) is 27.0 Å². The summed E-state index contributed by atoms with van der Waals surface area (Å²) >= 11 is 17.0. The number of pyridine rings is 1. The number of ketones is 1. The Kier molecular flexibility index (Phi) is 5.52. The molecule has 13 heavy (non-hydrogen) atoms. The quantitative estimate of drug-likeness (QED) is 0.396. The Labute approximate surface area is 106 Å². The molecule has 1 aromatic heterocycles. The molecule has 72 valence electrons. The molecule has 0 aliphatic heterocycles. The summed E-state index contributed by atoms with van der Waals surface area (Å²) in [4.78, 5) is 14.7. The van der Waals surface area contributed by atoms with Gasteiger partial charge in [-0.15, -0.1) is 0 Å². The molecule has 0 aromatic carbocycles. The van der Waals surface area contributed by atoms with Crippen LogP contribution < -0.4 is 0 Å². The van der Waals surface area contributed by atoms with Crippen molar-refractivity contribution in [1.29, 1.82) is 0 Å². The zero-order chi connectivity index (χ0) is 9.30. The maximum absolute atomic E-state index is 11.0. The van der Waals surface area contributed by atoms with Crippen molar-refractivity contribution in [2.75, 3.05) is 0 Å². The maximum atomic E-state index is 11.0. The topological polar surface area (TPSA) is 30.0 Å². The number of Topliss-reactive ketones (excluding diaryl/α,β-unsaturated/α-hetero) is 1. The minimum atomic E-state index is -0.250. The Morgan fingerprint density at radius 2 is 1.92 bits per heavy atom. The Bertz CT molecular complexity index is 343. The summed E-state index contributed by atoms with van der Waals surface area (Å²) in [5, 5.41) is 0.465. The molecule has 1 aromatic rings. The van der Waals surface area contributed by atoms with E-state index in [1.54, 1.807) is 0 Å². The van der Waals surface area contributed by atoms with Gasteiger partial charge in [-0.2, -0.15) is 0 Å². The molecule has 0 aliphatic carbocycles. The van der Waals surface area contributed by atoms with E-state index in [9.17, 15) is 4.79 Å². The van der Waals surface area contributed by atoms with Crippen LogP contribution in [-0.4, -0.2) is 10.8 Å². The summed E-state index contributed by atoms with van der Waals surface area (Å²) in [5.41, 5.74) is 0.172. The fraction of sp³-hybridized carbons (Fsp3) is 0.143. The number of rotatable bonds is 1. The summed E-state index contributed by atoms with van der Waals surface area (Å²) in [7, 11) is 0. The van der Waals surface area contributed by atoms with Gasteiger partial charge in [0.1, 0.15) is 5.15 Å². The molecule has 6 heteroatoms.